The molecular weight excluding hydrogens is 1260 g/mol. The van der Waals surface area contributed by atoms with Crippen LogP contribution in [0.3, 0.4) is 0 Å². The minimum atomic E-state index is -1.90. The third-order valence-corrected chi connectivity index (χ3v) is 16.2. The Morgan fingerprint density at radius 2 is 0.876 bits per heavy atom. The molecule has 1 heterocycles. The summed E-state index contributed by atoms with van der Waals surface area (Å²) < 4.78 is 0. The molecule has 0 aliphatic carbocycles. The van der Waals surface area contributed by atoms with Crippen molar-refractivity contribution in [3.8, 4) is 5.75 Å². The van der Waals surface area contributed by atoms with E-state index in [0.717, 1.165) is 26.3 Å². The minimum Gasteiger partial charge on any atom is -0.508 e. The maximum absolute atomic E-state index is 14.7. The maximum Gasteiger partial charge on any atom is 0.326 e. The number of aliphatic carboxylic acids is 1. The van der Waals surface area contributed by atoms with Gasteiger partial charge in [0.2, 0.25) is 59.1 Å². The summed E-state index contributed by atoms with van der Waals surface area (Å²) >= 11 is 0. The summed E-state index contributed by atoms with van der Waals surface area (Å²) in [5, 5.41) is 85.8. The third-order valence-electron chi connectivity index (χ3n) is 16.2. The van der Waals surface area contributed by atoms with Crippen molar-refractivity contribution in [3.63, 3.8) is 0 Å². The van der Waals surface area contributed by atoms with Crippen LogP contribution in [0.2, 0.25) is 0 Å². The maximum atomic E-state index is 14.7. The normalized spacial score (nSPS) is 16.9. The molecule has 1 aliphatic rings. The van der Waals surface area contributed by atoms with Crippen LogP contribution in [0.25, 0.3) is 0 Å². The summed E-state index contributed by atoms with van der Waals surface area (Å²) in [7, 11) is 0. The number of nitrogens with zero attached hydrogens (tertiary/aromatic N) is 1. The van der Waals surface area contributed by atoms with Crippen LogP contribution in [0, 0.1) is 5.92 Å². The number of carbonyl (C=O) groups excluding carboxylic acids is 10. The molecule has 4 aromatic carbocycles. The van der Waals surface area contributed by atoms with Crippen LogP contribution >= 0.6 is 0 Å². The second-order valence-electron chi connectivity index (χ2n) is 24.7. The number of carboxylic acid groups (broad SMARTS) is 1. The quantitative estimate of drug-likeness (QED) is 0.0211. The lowest BCUT2D eigenvalue weighted by atomic mass is 10.0. The van der Waals surface area contributed by atoms with E-state index < -0.39 is 156 Å². The molecule has 0 bridgehead atoms. The van der Waals surface area contributed by atoms with Crippen LogP contribution in [0.15, 0.2) is 115 Å². The fourth-order valence-electron chi connectivity index (χ4n) is 10.9. The molecule has 528 valence electrons. The second kappa shape index (κ2) is 39.0. The van der Waals surface area contributed by atoms with Gasteiger partial charge in [0.25, 0.3) is 0 Å². The van der Waals surface area contributed by atoms with Gasteiger partial charge >= 0.3 is 5.97 Å². The number of rotatable bonds is 38. The van der Waals surface area contributed by atoms with E-state index in [9.17, 15) is 83.4 Å². The van der Waals surface area contributed by atoms with Crippen molar-refractivity contribution in [1.29, 1.82) is 0 Å². The lowest BCUT2D eigenvalue weighted by molar-refractivity contribution is -0.143. The van der Waals surface area contributed by atoms with Gasteiger partial charge in [-0.05, 0) is 113 Å². The number of aliphatic hydroxyl groups is 4. The topological polar surface area (TPSA) is 473 Å². The molecule has 29 nitrogen and oxygen atoms in total. The zero-order valence-electron chi connectivity index (χ0n) is 55.1. The molecule has 1 aliphatic heterocycles. The highest BCUT2D eigenvalue weighted by Crippen LogP contribution is 2.22. The molecule has 97 heavy (non-hydrogen) atoms. The van der Waals surface area contributed by atoms with E-state index in [2.05, 4.69) is 47.9 Å². The van der Waals surface area contributed by atoms with Gasteiger partial charge in [-0.2, -0.15) is 0 Å². The van der Waals surface area contributed by atoms with E-state index in [-0.39, 0.29) is 82.5 Å². The lowest BCUT2D eigenvalue weighted by Gasteiger charge is -2.32. The first-order chi connectivity index (χ1) is 46.1. The van der Waals surface area contributed by atoms with E-state index in [1.807, 2.05) is 19.9 Å². The van der Waals surface area contributed by atoms with Gasteiger partial charge in [0.05, 0.1) is 31.0 Å². The Kier molecular flexibility index (Phi) is 31.5. The van der Waals surface area contributed by atoms with Gasteiger partial charge in [-0.25, -0.2) is 4.79 Å². The summed E-state index contributed by atoms with van der Waals surface area (Å²) in [5.74, 6) is -11.2. The average Bonchev–Trinajstić information content (AvgIpc) is 1.76. The van der Waals surface area contributed by atoms with E-state index in [0.29, 0.717) is 23.1 Å². The van der Waals surface area contributed by atoms with Crippen LogP contribution in [0.5, 0.6) is 5.75 Å². The number of nitrogens with two attached hydrogens (primary N) is 2. The van der Waals surface area contributed by atoms with Crippen molar-refractivity contribution >= 4 is 65.0 Å². The smallest absolute Gasteiger partial charge is 0.326 e. The molecule has 1 fully saturated rings. The molecule has 0 radical (unpaired) electrons. The van der Waals surface area contributed by atoms with E-state index in [1.54, 1.807) is 84.9 Å². The summed E-state index contributed by atoms with van der Waals surface area (Å²) in [6.45, 7) is 6.25. The summed E-state index contributed by atoms with van der Waals surface area (Å²) in [6, 6.07) is 14.8. The first kappa shape index (κ1) is 78.3. The van der Waals surface area contributed by atoms with Gasteiger partial charge < -0.3 is 94.9 Å². The Labute approximate surface area is 563 Å². The van der Waals surface area contributed by atoms with Gasteiger partial charge in [-0.3, -0.25) is 47.9 Å². The van der Waals surface area contributed by atoms with Gasteiger partial charge in [0, 0.05) is 25.8 Å². The molecule has 0 saturated carbocycles. The van der Waals surface area contributed by atoms with E-state index in [1.165, 1.54) is 29.2 Å². The number of carbonyl (C=O) groups is 11. The molecule has 0 aromatic heterocycles. The first-order valence-corrected chi connectivity index (χ1v) is 32.4. The molecule has 5 rings (SSSR count). The average molecular weight is 1350 g/mol. The molecule has 0 spiro atoms. The fourth-order valence-corrected chi connectivity index (χ4v) is 10.9. The number of benzene rings is 4. The summed E-state index contributed by atoms with van der Waals surface area (Å²) in [4.78, 5) is 154. The molecule has 0 unspecified atom stereocenters. The number of aliphatic hydroxyl groups excluding tert-OH is 4. The number of unbranched alkanes of at least 4 members (excludes halogenated alkanes) is 1. The van der Waals surface area contributed by atoms with Crippen molar-refractivity contribution in [2.45, 2.75) is 184 Å². The van der Waals surface area contributed by atoms with Crippen LogP contribution in [0.4, 0.5) is 0 Å². The molecule has 29 heteroatoms. The van der Waals surface area contributed by atoms with E-state index in [4.69, 9.17) is 11.5 Å². The zero-order chi connectivity index (χ0) is 71.5. The first-order valence-electron chi connectivity index (χ1n) is 32.4. The number of hydrogen-bond donors (Lipinski definition) is 17. The fraction of sp³-hybridized carbons (Fsp3) is 0.485. The van der Waals surface area contributed by atoms with Crippen LogP contribution in [0.1, 0.15) is 95.4 Å². The highest BCUT2D eigenvalue weighted by Gasteiger charge is 2.42. The summed E-state index contributed by atoms with van der Waals surface area (Å²) in [5.41, 5.74) is 14.3. The van der Waals surface area contributed by atoms with Crippen molar-refractivity contribution in [2.75, 3.05) is 19.7 Å². The Morgan fingerprint density at radius 3 is 1.38 bits per heavy atom. The third kappa shape index (κ3) is 25.0. The Hall–Kier alpha value is -9.39. The van der Waals surface area contributed by atoms with Crippen molar-refractivity contribution in [3.05, 3.63) is 138 Å². The number of amides is 10. The zero-order valence-corrected chi connectivity index (χ0v) is 55.1. The predicted molar refractivity (Wildman–Crippen MR) is 354 cm³/mol. The number of nitrogens with one attached hydrogen (secondary N) is 9. The van der Waals surface area contributed by atoms with Crippen LogP contribution in [-0.4, -0.2) is 205 Å². The Bertz CT molecular complexity index is 3260. The van der Waals surface area contributed by atoms with Gasteiger partial charge in [-0.1, -0.05) is 117 Å². The number of aromatic hydroxyl groups is 1. The number of phenols is 1. The molecule has 4 aromatic rings. The number of phenolic OH excluding ortho intramolecular Hbond substituents is 1. The number of likely N-dealkylation sites (tertiary alicyclic amines) is 1. The molecular formula is C68H94N12O17. The standard InChI is InChI=1S/C68H94N12O17/c1-38(2)32-49(72-58(86)47(70)33-42-18-9-6-10-19-42)60(88)76-53(37-81)62(90)74-51(35-43-20-11-7-12-21-43)67(95)80-31-17-25-54(80)63(91)78-57(41(5)84)66(94)79-56(40(4)83)64(92)71-48(24-15-16-30-69)59(87)77-55(39(3)82)65(93)73-50(34-45-26-28-46(85)29-27-45)61(89)75-52(68(96)97)36-44-22-13-8-14-23-44/h6-14,18-23,26-29,38-41,47-57,81-85H,15-17,24-25,30-37,69-70H2,1-5H3,(H,71,92)(H,72,86)(H,73,93)(H,74,90)(H,75,89)(H,76,88)(H,77,87)(H,78,91)(H,79,94)(H,96,97)/t39-,40-,41-,47+,48+,49+,50+,51+,52+,53+,54+,55+,56+,57+/m1/s1. The predicted octanol–water partition coefficient (Wildman–Crippen LogP) is -2.26. The van der Waals surface area contributed by atoms with Gasteiger partial charge in [0.1, 0.15) is 66.2 Å². The second-order valence-corrected chi connectivity index (χ2v) is 24.7. The molecule has 14 atom stereocenters. The van der Waals surface area contributed by atoms with Gasteiger partial charge in [0.15, 0.2) is 0 Å². The lowest BCUT2D eigenvalue weighted by Crippen LogP contribution is -2.64. The van der Waals surface area contributed by atoms with Gasteiger partial charge in [-0.15, -0.1) is 0 Å². The highest BCUT2D eigenvalue weighted by molar-refractivity contribution is 5.99. The van der Waals surface area contributed by atoms with Crippen molar-refractivity contribution in [2.24, 2.45) is 17.4 Å². The minimum absolute atomic E-state index is 0.0248. The summed E-state index contributed by atoms with van der Waals surface area (Å²) in [6.07, 6.45) is -4.66. The monoisotopic (exact) mass is 1350 g/mol. The molecule has 19 N–H and O–H groups in total. The SMILES string of the molecule is CC(C)C[C@H](NC(=O)[C@@H](N)Cc1ccccc1)C(=O)N[C@@H](CO)C(=O)N[C@@H](Cc1ccccc1)C(=O)N1CCC[C@H]1C(=O)N[C@H](C(=O)N[C@H](C(=O)N[C@@H](CCCCN)C(=O)N[C@H](C(=O)N[C@@H](Cc1ccc(O)cc1)C(=O)N[C@@H](Cc1ccccc1)C(=O)O)[C@@H](C)O)[C@@H](C)O)[C@@H](C)O. The highest BCUT2D eigenvalue weighted by atomic mass is 16.4. The van der Waals surface area contributed by atoms with Crippen molar-refractivity contribution < 1.29 is 83.4 Å². The number of hydrogen-bond acceptors (Lipinski definition) is 18. The van der Waals surface area contributed by atoms with Crippen LogP contribution < -0.4 is 59.3 Å². The van der Waals surface area contributed by atoms with Crippen LogP contribution in [-0.2, 0) is 78.4 Å². The van der Waals surface area contributed by atoms with Crippen molar-refractivity contribution in [1.82, 2.24) is 52.8 Å². The Morgan fingerprint density at radius 1 is 0.474 bits per heavy atom. The number of carboxylic acids is 1. The largest absolute Gasteiger partial charge is 0.508 e. The molecule has 1 saturated heterocycles. The van der Waals surface area contributed by atoms with E-state index >= 15 is 0 Å². The Balaban J connectivity index is 1.29. The molecule has 10 amide bonds.